The van der Waals surface area contributed by atoms with Gasteiger partial charge in [0.25, 0.3) is 0 Å². The van der Waals surface area contributed by atoms with Crippen LogP contribution < -0.4 is 5.32 Å². The number of carbonyl (C=O) groups excluding carboxylic acids is 1. The number of pyridine rings is 1. The molecule has 2 heterocycles. The lowest BCUT2D eigenvalue weighted by Gasteiger charge is -2.34. The fraction of sp³-hybridized carbons (Fsp3) is 0.368. The first-order valence-corrected chi connectivity index (χ1v) is 8.68. The van der Waals surface area contributed by atoms with Crippen molar-refractivity contribution in [1.82, 2.24) is 14.8 Å². The molecule has 0 aliphatic carbocycles. The first-order valence-electron chi connectivity index (χ1n) is 8.68. The van der Waals surface area contributed by atoms with Crippen molar-refractivity contribution in [2.45, 2.75) is 19.6 Å². The summed E-state index contributed by atoms with van der Waals surface area (Å²) in [4.78, 5) is 20.2. The van der Waals surface area contributed by atoms with E-state index in [0.717, 1.165) is 18.2 Å². The van der Waals surface area contributed by atoms with Crippen molar-refractivity contribution in [3.63, 3.8) is 0 Å². The Morgan fingerprint density at radius 1 is 1.11 bits per heavy atom. The van der Waals surface area contributed by atoms with E-state index in [4.69, 9.17) is 0 Å². The van der Waals surface area contributed by atoms with Crippen LogP contribution >= 0.6 is 0 Å². The maximum Gasteiger partial charge on any atom is 0.416 e. The average molecular weight is 378 g/mol. The maximum atomic E-state index is 13.0. The highest BCUT2D eigenvalue weighted by molar-refractivity contribution is 5.89. The topological polar surface area (TPSA) is 48.5 Å². The zero-order chi connectivity index (χ0) is 19.4. The van der Waals surface area contributed by atoms with Gasteiger partial charge in [0.15, 0.2) is 0 Å². The maximum absolute atomic E-state index is 13.0. The molecule has 1 aromatic carbocycles. The second-order valence-electron chi connectivity index (χ2n) is 6.58. The van der Waals surface area contributed by atoms with Crippen molar-refractivity contribution in [3.05, 3.63) is 59.4 Å². The molecular formula is C19H21F3N4O. The van der Waals surface area contributed by atoms with Crippen molar-refractivity contribution >= 4 is 11.7 Å². The minimum absolute atomic E-state index is 0.130. The monoisotopic (exact) mass is 378 g/mol. The highest BCUT2D eigenvalue weighted by atomic mass is 19.4. The molecule has 1 fully saturated rings. The summed E-state index contributed by atoms with van der Waals surface area (Å²) in [5.74, 6) is 0. The van der Waals surface area contributed by atoms with Gasteiger partial charge in [-0.15, -0.1) is 0 Å². The summed E-state index contributed by atoms with van der Waals surface area (Å²) >= 11 is 0. The molecule has 8 heteroatoms. The van der Waals surface area contributed by atoms with Gasteiger partial charge in [-0.2, -0.15) is 13.2 Å². The van der Waals surface area contributed by atoms with Crippen LogP contribution in [0, 0.1) is 6.92 Å². The number of nitrogens with one attached hydrogen (secondary N) is 1. The van der Waals surface area contributed by atoms with Crippen LogP contribution in [0.3, 0.4) is 0 Å². The Morgan fingerprint density at radius 2 is 1.78 bits per heavy atom. The van der Waals surface area contributed by atoms with Crippen molar-refractivity contribution in [2.75, 3.05) is 31.5 Å². The van der Waals surface area contributed by atoms with Crippen LogP contribution in [-0.2, 0) is 12.7 Å². The summed E-state index contributed by atoms with van der Waals surface area (Å²) in [5.41, 5.74) is 0.701. The van der Waals surface area contributed by atoms with E-state index >= 15 is 0 Å². The zero-order valence-corrected chi connectivity index (χ0v) is 15.0. The highest BCUT2D eigenvalue weighted by Gasteiger charge is 2.32. The van der Waals surface area contributed by atoms with E-state index in [-0.39, 0.29) is 17.3 Å². The van der Waals surface area contributed by atoms with E-state index in [9.17, 15) is 18.0 Å². The van der Waals surface area contributed by atoms with Gasteiger partial charge in [-0.1, -0.05) is 6.07 Å². The number of hydrogen-bond acceptors (Lipinski definition) is 3. The summed E-state index contributed by atoms with van der Waals surface area (Å²) in [6, 6.07) is 7.36. The molecule has 0 unspecified atom stereocenters. The molecule has 0 bridgehead atoms. The van der Waals surface area contributed by atoms with E-state index in [2.05, 4.69) is 15.2 Å². The van der Waals surface area contributed by atoms with Gasteiger partial charge in [0.2, 0.25) is 0 Å². The number of hydrogen-bond donors (Lipinski definition) is 1. The molecule has 5 nitrogen and oxygen atoms in total. The number of amides is 2. The summed E-state index contributed by atoms with van der Waals surface area (Å²) in [6.45, 7) is 4.64. The molecule has 2 aromatic rings. The number of anilines is 1. The standard InChI is InChI=1S/C19H21F3N4O/c1-14-2-3-16(12-17(14)19(20,21)22)24-18(27)26-10-8-25(9-11-26)13-15-4-6-23-7-5-15/h2-7,12H,8-11,13H2,1H3,(H,24,27). The Balaban J connectivity index is 1.55. The van der Waals surface area contributed by atoms with Gasteiger partial charge in [0.1, 0.15) is 0 Å². The molecule has 27 heavy (non-hydrogen) atoms. The first-order chi connectivity index (χ1) is 12.8. The predicted octanol–water partition coefficient (Wildman–Crippen LogP) is 3.76. The Labute approximate surface area is 155 Å². The Bertz CT molecular complexity index is 787. The van der Waals surface area contributed by atoms with Gasteiger partial charge in [-0.25, -0.2) is 4.79 Å². The van der Waals surface area contributed by atoms with Gasteiger partial charge in [0.05, 0.1) is 5.56 Å². The smallest absolute Gasteiger partial charge is 0.322 e. The number of urea groups is 1. The summed E-state index contributed by atoms with van der Waals surface area (Å²) in [7, 11) is 0. The molecule has 1 aliphatic rings. The fourth-order valence-electron chi connectivity index (χ4n) is 3.06. The molecule has 1 saturated heterocycles. The molecule has 0 atom stereocenters. The number of piperazine rings is 1. The molecule has 3 rings (SSSR count). The molecule has 2 amide bonds. The zero-order valence-electron chi connectivity index (χ0n) is 15.0. The highest BCUT2D eigenvalue weighted by Crippen LogP contribution is 2.33. The van der Waals surface area contributed by atoms with Crippen molar-refractivity contribution in [2.24, 2.45) is 0 Å². The normalized spacial score (nSPS) is 15.6. The van der Waals surface area contributed by atoms with Crippen LogP contribution in [0.5, 0.6) is 0 Å². The minimum Gasteiger partial charge on any atom is -0.322 e. The number of rotatable bonds is 3. The fourth-order valence-corrected chi connectivity index (χ4v) is 3.06. The summed E-state index contributed by atoms with van der Waals surface area (Å²) in [6.07, 6.45) is -0.949. The average Bonchev–Trinajstić information content (AvgIpc) is 2.64. The van der Waals surface area contributed by atoms with Crippen molar-refractivity contribution in [3.8, 4) is 0 Å². The Morgan fingerprint density at radius 3 is 2.41 bits per heavy atom. The number of carbonyl (C=O) groups is 1. The number of aryl methyl sites for hydroxylation is 1. The van der Waals surface area contributed by atoms with Gasteiger partial charge in [-0.05, 0) is 42.3 Å². The quantitative estimate of drug-likeness (QED) is 0.885. The second-order valence-corrected chi connectivity index (χ2v) is 6.58. The third-order valence-corrected chi connectivity index (χ3v) is 4.61. The van der Waals surface area contributed by atoms with Gasteiger partial charge in [0, 0.05) is 50.8 Å². The van der Waals surface area contributed by atoms with Crippen LogP contribution in [0.4, 0.5) is 23.7 Å². The number of nitrogens with zero attached hydrogens (tertiary/aromatic N) is 3. The number of aromatic nitrogens is 1. The van der Waals surface area contributed by atoms with Crippen LogP contribution in [0.1, 0.15) is 16.7 Å². The third-order valence-electron chi connectivity index (χ3n) is 4.61. The Hall–Kier alpha value is -2.61. The van der Waals surface area contributed by atoms with Gasteiger partial charge in [-0.3, -0.25) is 9.88 Å². The van der Waals surface area contributed by atoms with E-state index in [1.54, 1.807) is 17.3 Å². The van der Waals surface area contributed by atoms with Crippen LogP contribution in [0.2, 0.25) is 0 Å². The van der Waals surface area contributed by atoms with E-state index in [1.807, 2.05) is 12.1 Å². The van der Waals surface area contributed by atoms with Crippen LogP contribution in [0.15, 0.2) is 42.7 Å². The molecule has 0 spiro atoms. The first kappa shape index (κ1) is 19.2. The third kappa shape index (κ3) is 4.97. The molecule has 1 aromatic heterocycles. The molecule has 0 saturated carbocycles. The molecule has 1 N–H and O–H groups in total. The van der Waals surface area contributed by atoms with Crippen molar-refractivity contribution < 1.29 is 18.0 Å². The molecule has 144 valence electrons. The van der Waals surface area contributed by atoms with E-state index < -0.39 is 11.7 Å². The van der Waals surface area contributed by atoms with Crippen molar-refractivity contribution in [1.29, 1.82) is 0 Å². The van der Waals surface area contributed by atoms with E-state index in [1.165, 1.54) is 19.1 Å². The molecule has 0 radical (unpaired) electrons. The van der Waals surface area contributed by atoms with E-state index in [0.29, 0.717) is 26.2 Å². The number of benzene rings is 1. The summed E-state index contributed by atoms with van der Waals surface area (Å²) in [5, 5.41) is 2.58. The van der Waals surface area contributed by atoms with Gasteiger partial charge < -0.3 is 10.2 Å². The number of halogens is 3. The predicted molar refractivity (Wildman–Crippen MR) is 96.3 cm³/mol. The summed E-state index contributed by atoms with van der Waals surface area (Å²) < 4.78 is 39.0. The molecule has 1 aliphatic heterocycles. The van der Waals surface area contributed by atoms with Gasteiger partial charge >= 0.3 is 12.2 Å². The number of alkyl halides is 3. The second kappa shape index (κ2) is 7.96. The Kier molecular flexibility index (Phi) is 5.65. The van der Waals surface area contributed by atoms with Crippen LogP contribution in [0.25, 0.3) is 0 Å². The van der Waals surface area contributed by atoms with Crippen LogP contribution in [-0.4, -0.2) is 47.0 Å². The molecular weight excluding hydrogens is 357 g/mol. The lowest BCUT2D eigenvalue weighted by Crippen LogP contribution is -2.49. The SMILES string of the molecule is Cc1ccc(NC(=O)N2CCN(Cc3ccncc3)CC2)cc1C(F)(F)F. The minimum atomic E-state index is -4.44. The lowest BCUT2D eigenvalue weighted by molar-refractivity contribution is -0.138. The largest absolute Gasteiger partial charge is 0.416 e. The lowest BCUT2D eigenvalue weighted by atomic mass is 10.1.